The fourth-order valence-electron chi connectivity index (χ4n) is 3.05. The summed E-state index contributed by atoms with van der Waals surface area (Å²) in [5.41, 5.74) is 2.34. The summed E-state index contributed by atoms with van der Waals surface area (Å²) < 4.78 is 14.6. The van der Waals surface area contributed by atoms with Crippen LogP contribution in [0.2, 0.25) is 0 Å². The predicted octanol–water partition coefficient (Wildman–Crippen LogP) is 6.91. The van der Waals surface area contributed by atoms with Crippen LogP contribution in [0.1, 0.15) is 19.4 Å². The van der Waals surface area contributed by atoms with E-state index in [-0.39, 0.29) is 0 Å². The number of hydrogen-bond donors (Lipinski definition) is 0. The van der Waals surface area contributed by atoms with Crippen LogP contribution in [0.3, 0.4) is 0 Å². The summed E-state index contributed by atoms with van der Waals surface area (Å²) in [7, 11) is -3.04. The molecule has 0 saturated heterocycles. The second-order valence-corrected chi connectivity index (χ2v) is 10.8. The standard InChI is InChI=1S/C25H25OPS/c1-19(2)25(28-24-17-15-20(3)16-18-24)21(4)27(26,22-11-7-5-8-12-22)23-13-9-6-10-14-23/h5-18H,4H2,1-3H3. The lowest BCUT2D eigenvalue weighted by atomic mass is 10.2. The molecule has 0 radical (unpaired) electrons. The Bertz CT molecular complexity index is 987. The normalized spacial score (nSPS) is 11.1. The molecule has 0 bridgehead atoms. The van der Waals surface area contributed by atoms with Gasteiger partial charge in [0, 0.05) is 25.7 Å². The molecule has 0 amide bonds. The average molecular weight is 405 g/mol. The van der Waals surface area contributed by atoms with E-state index in [2.05, 4.69) is 51.6 Å². The van der Waals surface area contributed by atoms with E-state index in [1.807, 2.05) is 60.7 Å². The van der Waals surface area contributed by atoms with Gasteiger partial charge in [0.05, 0.1) is 0 Å². The van der Waals surface area contributed by atoms with Crippen LogP contribution < -0.4 is 10.6 Å². The summed E-state index contributed by atoms with van der Waals surface area (Å²) in [6, 6.07) is 27.8. The van der Waals surface area contributed by atoms with Gasteiger partial charge in [-0.3, -0.25) is 0 Å². The van der Waals surface area contributed by atoms with Gasteiger partial charge in [-0.1, -0.05) is 102 Å². The first-order valence-electron chi connectivity index (χ1n) is 9.26. The molecule has 0 aliphatic rings. The van der Waals surface area contributed by atoms with Gasteiger partial charge in [0.1, 0.15) is 0 Å². The molecule has 0 aromatic heterocycles. The van der Waals surface area contributed by atoms with Crippen molar-refractivity contribution in [2.24, 2.45) is 0 Å². The summed E-state index contributed by atoms with van der Waals surface area (Å²) in [6.45, 7) is 10.6. The molecule has 3 rings (SSSR count). The van der Waals surface area contributed by atoms with Crippen LogP contribution in [-0.2, 0) is 4.57 Å². The highest BCUT2D eigenvalue weighted by atomic mass is 32.2. The second-order valence-electron chi connectivity index (χ2n) is 6.97. The molecule has 3 aromatic carbocycles. The average Bonchev–Trinajstić information content (AvgIpc) is 2.73. The molecule has 0 atom stereocenters. The Balaban J connectivity index is 2.11. The van der Waals surface area contributed by atoms with E-state index in [0.29, 0.717) is 5.31 Å². The molecule has 0 heterocycles. The lowest BCUT2D eigenvalue weighted by Crippen LogP contribution is -2.17. The zero-order chi connectivity index (χ0) is 20.1. The summed E-state index contributed by atoms with van der Waals surface area (Å²) in [5, 5.41) is 2.32. The van der Waals surface area contributed by atoms with Crippen molar-refractivity contribution in [1.29, 1.82) is 0 Å². The molecule has 0 saturated carbocycles. The molecule has 28 heavy (non-hydrogen) atoms. The quantitative estimate of drug-likeness (QED) is 0.252. The van der Waals surface area contributed by atoms with Crippen molar-refractivity contribution in [3.63, 3.8) is 0 Å². The Morgan fingerprint density at radius 2 is 1.25 bits per heavy atom. The second kappa shape index (κ2) is 8.82. The Morgan fingerprint density at radius 1 is 0.786 bits per heavy atom. The third kappa shape index (κ3) is 4.24. The van der Waals surface area contributed by atoms with Gasteiger partial charge in [-0.2, -0.15) is 0 Å². The molecule has 0 fully saturated rings. The number of hydrogen-bond acceptors (Lipinski definition) is 2. The van der Waals surface area contributed by atoms with Crippen molar-refractivity contribution >= 4 is 29.5 Å². The van der Waals surface area contributed by atoms with E-state index in [1.165, 1.54) is 5.56 Å². The van der Waals surface area contributed by atoms with Crippen molar-refractivity contribution in [1.82, 2.24) is 0 Å². The SMILES string of the molecule is C=C(C(Sc1ccc(C)cc1)=C(C)C)P(=O)(c1ccccc1)c1ccccc1. The molecule has 0 N–H and O–H groups in total. The highest BCUT2D eigenvalue weighted by Crippen LogP contribution is 2.57. The van der Waals surface area contributed by atoms with E-state index in [1.54, 1.807) is 11.8 Å². The van der Waals surface area contributed by atoms with Crippen molar-refractivity contribution in [3.05, 3.63) is 113 Å². The van der Waals surface area contributed by atoms with Crippen LogP contribution in [-0.4, -0.2) is 0 Å². The maximum absolute atomic E-state index is 14.6. The molecule has 3 aromatic rings. The number of aryl methyl sites for hydroxylation is 1. The minimum atomic E-state index is -3.04. The fraction of sp³-hybridized carbons (Fsp3) is 0.120. The maximum Gasteiger partial charge on any atom is 0.171 e. The summed E-state index contributed by atoms with van der Waals surface area (Å²) in [6.07, 6.45) is 0. The molecular formula is C25H25OPS. The molecule has 0 aliphatic carbocycles. The molecule has 0 spiro atoms. The lowest BCUT2D eigenvalue weighted by Gasteiger charge is -2.24. The summed E-state index contributed by atoms with van der Waals surface area (Å²) >= 11 is 1.64. The summed E-state index contributed by atoms with van der Waals surface area (Å²) in [4.78, 5) is 2.11. The largest absolute Gasteiger partial charge is 0.309 e. The molecule has 142 valence electrons. The van der Waals surface area contributed by atoms with E-state index >= 15 is 0 Å². The van der Waals surface area contributed by atoms with E-state index < -0.39 is 7.14 Å². The number of thioether (sulfide) groups is 1. The van der Waals surface area contributed by atoms with Gasteiger partial charge in [-0.15, -0.1) is 0 Å². The maximum atomic E-state index is 14.6. The third-order valence-corrected chi connectivity index (χ3v) is 9.13. The zero-order valence-electron chi connectivity index (χ0n) is 16.6. The Hall–Kier alpha value is -2.28. The number of allylic oxidation sites excluding steroid dienone is 2. The summed E-state index contributed by atoms with van der Waals surface area (Å²) in [5.74, 6) is 0. The molecular weight excluding hydrogens is 379 g/mol. The first-order valence-corrected chi connectivity index (χ1v) is 11.8. The molecule has 0 aliphatic heterocycles. The molecule has 3 heteroatoms. The van der Waals surface area contributed by atoms with Crippen molar-refractivity contribution in [2.45, 2.75) is 25.7 Å². The van der Waals surface area contributed by atoms with Gasteiger partial charge in [0.25, 0.3) is 0 Å². The first kappa shape index (κ1) is 20.5. The fourth-order valence-corrected chi connectivity index (χ4v) is 7.02. The van der Waals surface area contributed by atoms with Crippen LogP contribution in [0.4, 0.5) is 0 Å². The van der Waals surface area contributed by atoms with Gasteiger partial charge in [-0.05, 0) is 32.9 Å². The lowest BCUT2D eigenvalue weighted by molar-refractivity contribution is 0.591. The Morgan fingerprint density at radius 3 is 1.68 bits per heavy atom. The van der Waals surface area contributed by atoms with E-state index in [9.17, 15) is 4.57 Å². The number of rotatable bonds is 6. The van der Waals surface area contributed by atoms with Crippen molar-refractivity contribution < 1.29 is 4.57 Å². The topological polar surface area (TPSA) is 17.1 Å². The van der Waals surface area contributed by atoms with Crippen LogP contribution in [0, 0.1) is 6.92 Å². The van der Waals surface area contributed by atoms with Gasteiger partial charge >= 0.3 is 0 Å². The van der Waals surface area contributed by atoms with Crippen molar-refractivity contribution in [2.75, 3.05) is 0 Å². The van der Waals surface area contributed by atoms with Gasteiger partial charge in [0.2, 0.25) is 0 Å². The van der Waals surface area contributed by atoms with Crippen LogP contribution >= 0.6 is 18.9 Å². The highest BCUT2D eigenvalue weighted by molar-refractivity contribution is 8.04. The van der Waals surface area contributed by atoms with E-state index in [0.717, 1.165) is 26.0 Å². The van der Waals surface area contributed by atoms with Gasteiger partial charge < -0.3 is 4.57 Å². The van der Waals surface area contributed by atoms with Gasteiger partial charge in [0.15, 0.2) is 7.14 Å². The smallest absolute Gasteiger partial charge is 0.171 e. The van der Waals surface area contributed by atoms with Crippen LogP contribution in [0.5, 0.6) is 0 Å². The number of benzene rings is 3. The Kier molecular flexibility index (Phi) is 6.44. The van der Waals surface area contributed by atoms with E-state index in [4.69, 9.17) is 0 Å². The molecule has 1 nitrogen and oxygen atoms in total. The monoisotopic (exact) mass is 404 g/mol. The van der Waals surface area contributed by atoms with Gasteiger partial charge in [-0.25, -0.2) is 0 Å². The molecule has 0 unspecified atom stereocenters. The first-order chi connectivity index (χ1) is 13.4. The third-order valence-electron chi connectivity index (χ3n) is 4.58. The zero-order valence-corrected chi connectivity index (χ0v) is 18.3. The Labute approximate surface area is 172 Å². The highest BCUT2D eigenvalue weighted by Gasteiger charge is 2.33. The van der Waals surface area contributed by atoms with Crippen LogP contribution in [0.15, 0.2) is 112 Å². The predicted molar refractivity (Wildman–Crippen MR) is 124 cm³/mol. The minimum Gasteiger partial charge on any atom is -0.309 e. The van der Waals surface area contributed by atoms with Crippen LogP contribution in [0.25, 0.3) is 0 Å². The minimum absolute atomic E-state index is 0.690. The van der Waals surface area contributed by atoms with Crippen molar-refractivity contribution in [3.8, 4) is 0 Å².